The molecule has 0 aliphatic rings. The fourth-order valence-electron chi connectivity index (χ4n) is 1.61. The highest BCUT2D eigenvalue weighted by molar-refractivity contribution is 5.92. The van der Waals surface area contributed by atoms with E-state index >= 15 is 0 Å². The summed E-state index contributed by atoms with van der Waals surface area (Å²) in [5.41, 5.74) is 5.69. The molecular formula is C12H13ClF3N3O2. The van der Waals surface area contributed by atoms with Gasteiger partial charge in [0.15, 0.2) is 5.58 Å². The summed E-state index contributed by atoms with van der Waals surface area (Å²) in [6.07, 6.45) is -3.85. The molecule has 1 amide bonds. The van der Waals surface area contributed by atoms with E-state index in [4.69, 9.17) is 5.73 Å². The Morgan fingerprint density at radius 1 is 1.38 bits per heavy atom. The van der Waals surface area contributed by atoms with Crippen LogP contribution in [0, 0.1) is 0 Å². The minimum atomic E-state index is -4.64. The summed E-state index contributed by atoms with van der Waals surface area (Å²) in [4.78, 5) is 14.8. The summed E-state index contributed by atoms with van der Waals surface area (Å²) >= 11 is 0. The quantitative estimate of drug-likeness (QED) is 0.906. The molecule has 1 heterocycles. The lowest BCUT2D eigenvalue weighted by atomic mass is 10.2. The van der Waals surface area contributed by atoms with E-state index in [1.807, 2.05) is 0 Å². The van der Waals surface area contributed by atoms with Gasteiger partial charge in [-0.25, -0.2) is 4.98 Å². The van der Waals surface area contributed by atoms with Crippen molar-refractivity contribution in [3.05, 3.63) is 24.1 Å². The molecule has 0 saturated heterocycles. The molecule has 116 valence electrons. The van der Waals surface area contributed by atoms with E-state index in [0.717, 1.165) is 0 Å². The number of nitrogens with two attached hydrogens (primary N) is 1. The van der Waals surface area contributed by atoms with E-state index in [0.29, 0.717) is 18.7 Å². The van der Waals surface area contributed by atoms with Gasteiger partial charge in [0.05, 0.1) is 0 Å². The predicted octanol–water partition coefficient (Wildman–Crippen LogP) is 2.95. The van der Waals surface area contributed by atoms with Crippen LogP contribution in [-0.4, -0.2) is 17.4 Å². The Hall–Kier alpha value is -1.80. The number of anilines is 1. The van der Waals surface area contributed by atoms with Crippen molar-refractivity contribution < 1.29 is 22.4 Å². The molecule has 9 heteroatoms. The van der Waals surface area contributed by atoms with Crippen molar-refractivity contribution in [1.29, 1.82) is 0 Å². The maximum absolute atomic E-state index is 12.4. The van der Waals surface area contributed by atoms with Crippen molar-refractivity contribution in [3.63, 3.8) is 0 Å². The highest BCUT2D eigenvalue weighted by Crippen LogP contribution is 2.31. The molecule has 0 radical (unpaired) electrons. The van der Waals surface area contributed by atoms with Gasteiger partial charge in [0.1, 0.15) is 5.52 Å². The second-order valence-corrected chi connectivity index (χ2v) is 4.14. The fraction of sp³-hybridized carbons (Fsp3) is 0.333. The summed E-state index contributed by atoms with van der Waals surface area (Å²) in [7, 11) is 0. The molecule has 1 aromatic heterocycles. The molecular weight excluding hydrogens is 311 g/mol. The molecule has 0 unspecified atom stereocenters. The molecule has 2 aromatic rings. The summed E-state index contributed by atoms with van der Waals surface area (Å²) < 4.78 is 41.9. The van der Waals surface area contributed by atoms with Gasteiger partial charge >= 0.3 is 12.1 Å². The summed E-state index contributed by atoms with van der Waals surface area (Å²) in [5, 5.41) is 2.56. The molecule has 0 aliphatic carbocycles. The SMILES string of the molecule is Cl.NCCCC(=O)Nc1ccc2oc(C(F)(F)F)nc2c1. The number of aromatic nitrogens is 1. The second-order valence-electron chi connectivity index (χ2n) is 4.14. The number of benzene rings is 1. The smallest absolute Gasteiger partial charge is 0.433 e. The van der Waals surface area contributed by atoms with Gasteiger partial charge in [-0.1, -0.05) is 0 Å². The number of hydrogen-bond acceptors (Lipinski definition) is 4. The highest BCUT2D eigenvalue weighted by atomic mass is 35.5. The molecule has 0 saturated carbocycles. The van der Waals surface area contributed by atoms with Crippen LogP contribution >= 0.6 is 12.4 Å². The number of carbonyl (C=O) groups excluding carboxylic acids is 1. The number of carbonyl (C=O) groups is 1. The third kappa shape index (κ3) is 4.33. The molecule has 5 nitrogen and oxygen atoms in total. The lowest BCUT2D eigenvalue weighted by Gasteiger charge is -2.03. The Morgan fingerprint density at radius 3 is 2.71 bits per heavy atom. The summed E-state index contributed by atoms with van der Waals surface area (Å²) in [6, 6.07) is 4.11. The molecule has 0 fully saturated rings. The van der Waals surface area contributed by atoms with Gasteiger partial charge in [0.2, 0.25) is 5.91 Å². The van der Waals surface area contributed by atoms with Gasteiger partial charge in [-0.05, 0) is 31.2 Å². The van der Waals surface area contributed by atoms with Gasteiger partial charge in [-0.3, -0.25) is 4.79 Å². The highest BCUT2D eigenvalue weighted by Gasteiger charge is 2.37. The van der Waals surface area contributed by atoms with Crippen LogP contribution in [0.25, 0.3) is 11.1 Å². The number of amides is 1. The zero-order valence-electron chi connectivity index (χ0n) is 10.7. The monoisotopic (exact) mass is 323 g/mol. The number of nitrogens with one attached hydrogen (secondary N) is 1. The summed E-state index contributed by atoms with van der Waals surface area (Å²) in [5.74, 6) is -1.56. The average Bonchev–Trinajstić information content (AvgIpc) is 2.79. The Bertz CT molecular complexity index is 628. The van der Waals surface area contributed by atoms with E-state index in [1.54, 1.807) is 0 Å². The Labute approximate surface area is 124 Å². The van der Waals surface area contributed by atoms with Crippen LogP contribution in [0.4, 0.5) is 18.9 Å². The first-order chi connectivity index (χ1) is 9.40. The largest absolute Gasteiger partial charge is 0.468 e. The van der Waals surface area contributed by atoms with Crippen molar-refractivity contribution in [3.8, 4) is 0 Å². The first kappa shape index (κ1) is 17.3. The van der Waals surface area contributed by atoms with E-state index in [1.165, 1.54) is 18.2 Å². The third-order valence-corrected chi connectivity index (χ3v) is 2.52. The summed E-state index contributed by atoms with van der Waals surface area (Å²) in [6.45, 7) is 0.394. The van der Waals surface area contributed by atoms with Crippen molar-refractivity contribution in [2.45, 2.75) is 19.0 Å². The minimum Gasteiger partial charge on any atom is -0.433 e. The molecule has 0 atom stereocenters. The first-order valence-corrected chi connectivity index (χ1v) is 5.88. The van der Waals surface area contributed by atoms with Crippen molar-refractivity contribution in [2.24, 2.45) is 5.73 Å². The lowest BCUT2D eigenvalue weighted by Crippen LogP contribution is -2.13. The van der Waals surface area contributed by atoms with Crippen LogP contribution in [0.1, 0.15) is 18.7 Å². The Balaban J connectivity index is 0.00000220. The Morgan fingerprint density at radius 2 is 2.10 bits per heavy atom. The average molecular weight is 324 g/mol. The maximum atomic E-state index is 12.4. The maximum Gasteiger partial charge on any atom is 0.468 e. The molecule has 0 spiro atoms. The second kappa shape index (κ2) is 6.77. The van der Waals surface area contributed by atoms with Crippen LogP contribution in [-0.2, 0) is 11.0 Å². The number of rotatable bonds is 4. The molecule has 0 aliphatic heterocycles. The molecule has 2 rings (SSSR count). The lowest BCUT2D eigenvalue weighted by molar-refractivity contribution is -0.156. The van der Waals surface area contributed by atoms with E-state index in [9.17, 15) is 18.0 Å². The van der Waals surface area contributed by atoms with Gasteiger partial charge in [-0.15, -0.1) is 12.4 Å². The number of oxazole rings is 1. The first-order valence-electron chi connectivity index (χ1n) is 5.88. The van der Waals surface area contributed by atoms with Crippen LogP contribution in [0.3, 0.4) is 0 Å². The van der Waals surface area contributed by atoms with Gasteiger partial charge in [0.25, 0.3) is 0 Å². The van der Waals surface area contributed by atoms with Crippen LogP contribution in [0.5, 0.6) is 0 Å². The van der Waals surface area contributed by atoms with Crippen molar-refractivity contribution in [2.75, 3.05) is 11.9 Å². The molecule has 3 N–H and O–H groups in total. The van der Waals surface area contributed by atoms with E-state index < -0.39 is 12.1 Å². The number of nitrogens with zero attached hydrogens (tertiary/aromatic N) is 1. The molecule has 21 heavy (non-hydrogen) atoms. The molecule has 0 bridgehead atoms. The van der Waals surface area contributed by atoms with Crippen LogP contribution in [0.2, 0.25) is 0 Å². The fourth-order valence-corrected chi connectivity index (χ4v) is 1.61. The zero-order chi connectivity index (χ0) is 14.8. The minimum absolute atomic E-state index is 0. The molecule has 1 aromatic carbocycles. The number of hydrogen-bond donors (Lipinski definition) is 2. The number of fused-ring (bicyclic) bond motifs is 1. The van der Waals surface area contributed by atoms with Gasteiger partial charge < -0.3 is 15.5 Å². The van der Waals surface area contributed by atoms with E-state index in [2.05, 4.69) is 14.7 Å². The topological polar surface area (TPSA) is 81.2 Å². The van der Waals surface area contributed by atoms with Gasteiger partial charge in [0, 0.05) is 12.1 Å². The number of halogens is 4. The number of alkyl halides is 3. The van der Waals surface area contributed by atoms with E-state index in [-0.39, 0.29) is 35.8 Å². The predicted molar refractivity (Wildman–Crippen MR) is 73.2 cm³/mol. The Kier molecular flexibility index (Phi) is 5.56. The third-order valence-electron chi connectivity index (χ3n) is 2.52. The van der Waals surface area contributed by atoms with Crippen molar-refractivity contribution in [1.82, 2.24) is 4.98 Å². The van der Waals surface area contributed by atoms with Crippen LogP contribution < -0.4 is 11.1 Å². The standard InChI is InChI=1S/C12H12F3N3O2.ClH/c13-12(14,15)11-18-8-6-7(3-4-9(8)20-11)17-10(19)2-1-5-16;/h3-4,6H,1-2,5,16H2,(H,17,19);1H. The zero-order valence-corrected chi connectivity index (χ0v) is 11.6. The van der Waals surface area contributed by atoms with Crippen LogP contribution in [0.15, 0.2) is 22.6 Å². The normalized spacial score (nSPS) is 11.2. The van der Waals surface area contributed by atoms with Gasteiger partial charge in [-0.2, -0.15) is 13.2 Å². The van der Waals surface area contributed by atoms with Crippen molar-refractivity contribution >= 4 is 35.1 Å².